The molecule has 1 aliphatic heterocycles. The molecule has 1 heterocycles. The Bertz CT molecular complexity index is 551. The van der Waals surface area contributed by atoms with Crippen LogP contribution in [0, 0.1) is 18.3 Å². The van der Waals surface area contributed by atoms with Crippen LogP contribution in [-0.4, -0.2) is 37.0 Å². The molecule has 2 unspecified atom stereocenters. The van der Waals surface area contributed by atoms with Crippen LogP contribution in [0.4, 0.5) is 0 Å². The van der Waals surface area contributed by atoms with E-state index in [4.69, 9.17) is 0 Å². The summed E-state index contributed by atoms with van der Waals surface area (Å²) in [5.74, 6) is 0.660. The van der Waals surface area contributed by atoms with Gasteiger partial charge in [-0.05, 0) is 63.1 Å². The Kier molecular flexibility index (Phi) is 6.33. The second-order valence-electron chi connectivity index (χ2n) is 7.57. The molecule has 1 saturated heterocycles. The van der Waals surface area contributed by atoms with Gasteiger partial charge in [-0.3, -0.25) is 4.79 Å². The fraction of sp³-hybridized carbons (Fsp3) is 0.650. The third kappa shape index (κ3) is 3.94. The summed E-state index contributed by atoms with van der Waals surface area (Å²) < 4.78 is 0. The number of halogens is 1. The Morgan fingerprint density at radius 1 is 1.29 bits per heavy atom. The molecule has 1 aliphatic carbocycles. The lowest BCUT2D eigenvalue weighted by atomic mass is 9.91. The van der Waals surface area contributed by atoms with Crippen molar-refractivity contribution in [3.63, 3.8) is 0 Å². The highest BCUT2D eigenvalue weighted by molar-refractivity contribution is 5.85. The zero-order valence-electron chi connectivity index (χ0n) is 15.2. The van der Waals surface area contributed by atoms with E-state index in [2.05, 4.69) is 43.4 Å². The quantitative estimate of drug-likeness (QED) is 0.880. The average Bonchev–Trinajstić information content (AvgIpc) is 3.26. The highest BCUT2D eigenvalue weighted by atomic mass is 35.5. The molecule has 1 aromatic carbocycles. The lowest BCUT2D eigenvalue weighted by Crippen LogP contribution is -2.41. The van der Waals surface area contributed by atoms with Gasteiger partial charge < -0.3 is 10.2 Å². The van der Waals surface area contributed by atoms with Crippen molar-refractivity contribution in [1.29, 1.82) is 0 Å². The van der Waals surface area contributed by atoms with E-state index in [9.17, 15) is 4.79 Å². The minimum atomic E-state index is 0. The number of likely N-dealkylation sites (N-methyl/N-ethyl adjacent to an activating group) is 1. The predicted molar refractivity (Wildman–Crippen MR) is 102 cm³/mol. The molecule has 1 aromatic rings. The molecule has 134 valence electrons. The van der Waals surface area contributed by atoms with E-state index in [1.165, 1.54) is 24.0 Å². The molecule has 4 heteroatoms. The number of hydrogen-bond donors (Lipinski definition) is 1. The summed E-state index contributed by atoms with van der Waals surface area (Å²) in [4.78, 5) is 15.0. The Morgan fingerprint density at radius 2 is 1.92 bits per heavy atom. The topological polar surface area (TPSA) is 32.3 Å². The van der Waals surface area contributed by atoms with Crippen molar-refractivity contribution in [3.8, 4) is 0 Å². The minimum Gasteiger partial charge on any atom is -0.342 e. The van der Waals surface area contributed by atoms with Gasteiger partial charge in [0.05, 0.1) is 0 Å². The number of nitrogens with one attached hydrogen (secondary N) is 1. The summed E-state index contributed by atoms with van der Waals surface area (Å²) in [6.07, 6.45) is 5.43. The van der Waals surface area contributed by atoms with Crippen LogP contribution < -0.4 is 5.32 Å². The number of hydrogen-bond acceptors (Lipinski definition) is 2. The van der Waals surface area contributed by atoms with Crippen molar-refractivity contribution in [3.05, 3.63) is 35.4 Å². The summed E-state index contributed by atoms with van der Waals surface area (Å²) in [5, 5.41) is 3.42. The Morgan fingerprint density at radius 3 is 2.50 bits per heavy atom. The van der Waals surface area contributed by atoms with Crippen molar-refractivity contribution in [1.82, 2.24) is 10.2 Å². The first kappa shape index (κ1) is 19.3. The SMILES string of the molecule is CCC(Cc1ccc(C)cc1)N(C)C(=O)C1CC12CCNCC2.Cl. The number of amides is 1. The molecule has 2 atom stereocenters. The van der Waals surface area contributed by atoms with Gasteiger partial charge in [0.2, 0.25) is 5.91 Å². The maximum atomic E-state index is 12.9. The van der Waals surface area contributed by atoms with E-state index in [-0.39, 0.29) is 18.3 Å². The van der Waals surface area contributed by atoms with Crippen molar-refractivity contribution < 1.29 is 4.79 Å². The molecule has 1 spiro atoms. The van der Waals surface area contributed by atoms with Gasteiger partial charge in [-0.25, -0.2) is 0 Å². The van der Waals surface area contributed by atoms with Crippen LogP contribution in [0.5, 0.6) is 0 Å². The maximum absolute atomic E-state index is 12.9. The Balaban J connectivity index is 0.00000208. The molecule has 1 N–H and O–H groups in total. The molecule has 3 rings (SSSR count). The summed E-state index contributed by atoms with van der Waals surface area (Å²) in [5.41, 5.74) is 2.95. The smallest absolute Gasteiger partial charge is 0.226 e. The number of benzene rings is 1. The van der Waals surface area contributed by atoms with Gasteiger partial charge in [-0.2, -0.15) is 0 Å². The van der Waals surface area contributed by atoms with Crippen LogP contribution >= 0.6 is 12.4 Å². The fourth-order valence-corrected chi connectivity index (χ4v) is 4.15. The van der Waals surface area contributed by atoms with Crippen LogP contribution in [0.15, 0.2) is 24.3 Å². The second kappa shape index (κ2) is 7.88. The molecule has 24 heavy (non-hydrogen) atoms. The lowest BCUT2D eigenvalue weighted by Gasteiger charge is -2.30. The molecule has 0 bridgehead atoms. The van der Waals surface area contributed by atoms with E-state index >= 15 is 0 Å². The second-order valence-corrected chi connectivity index (χ2v) is 7.57. The van der Waals surface area contributed by atoms with Gasteiger partial charge in [0, 0.05) is 19.0 Å². The average molecular weight is 351 g/mol. The first-order valence-corrected chi connectivity index (χ1v) is 9.09. The first-order chi connectivity index (χ1) is 11.1. The van der Waals surface area contributed by atoms with E-state index in [0.29, 0.717) is 17.4 Å². The van der Waals surface area contributed by atoms with Crippen LogP contribution in [0.1, 0.15) is 43.7 Å². The summed E-state index contributed by atoms with van der Waals surface area (Å²) in [7, 11) is 2.01. The fourth-order valence-electron chi connectivity index (χ4n) is 4.15. The third-order valence-corrected chi connectivity index (χ3v) is 6.05. The monoisotopic (exact) mass is 350 g/mol. The maximum Gasteiger partial charge on any atom is 0.226 e. The molecule has 1 saturated carbocycles. The molecule has 2 fully saturated rings. The highest BCUT2D eigenvalue weighted by Gasteiger charge is 2.58. The highest BCUT2D eigenvalue weighted by Crippen LogP contribution is 2.59. The Labute approximate surface area is 152 Å². The van der Waals surface area contributed by atoms with E-state index in [1.54, 1.807) is 0 Å². The molecule has 0 radical (unpaired) electrons. The zero-order chi connectivity index (χ0) is 16.4. The van der Waals surface area contributed by atoms with E-state index < -0.39 is 0 Å². The Hall–Kier alpha value is -1.06. The molecular formula is C20H31ClN2O. The van der Waals surface area contributed by atoms with Crippen LogP contribution in [0.25, 0.3) is 0 Å². The van der Waals surface area contributed by atoms with E-state index in [1.807, 2.05) is 11.9 Å². The molecular weight excluding hydrogens is 320 g/mol. The molecule has 3 nitrogen and oxygen atoms in total. The number of carbonyl (C=O) groups excluding carboxylic acids is 1. The van der Waals surface area contributed by atoms with Crippen molar-refractivity contribution in [2.45, 2.75) is 52.0 Å². The minimum absolute atomic E-state index is 0. The predicted octanol–water partition coefficient (Wildman–Crippen LogP) is 3.59. The molecule has 0 aromatic heterocycles. The number of rotatable bonds is 5. The summed E-state index contributed by atoms with van der Waals surface area (Å²) in [6.45, 7) is 6.46. The largest absolute Gasteiger partial charge is 0.342 e. The molecule has 1 amide bonds. The standard InChI is InChI=1S/C20H30N2O.ClH/c1-4-17(13-16-7-5-15(2)6-8-16)22(3)19(23)18-14-20(18)9-11-21-12-10-20;/h5-8,17-18,21H,4,9-14H2,1-3H3;1H. The summed E-state index contributed by atoms with van der Waals surface area (Å²) in [6, 6.07) is 9.03. The van der Waals surface area contributed by atoms with Crippen molar-refractivity contribution in [2.24, 2.45) is 11.3 Å². The van der Waals surface area contributed by atoms with Gasteiger partial charge in [-0.1, -0.05) is 36.8 Å². The normalized spacial score (nSPS) is 22.5. The third-order valence-electron chi connectivity index (χ3n) is 6.05. The van der Waals surface area contributed by atoms with Crippen LogP contribution in [0.3, 0.4) is 0 Å². The zero-order valence-corrected chi connectivity index (χ0v) is 16.0. The van der Waals surface area contributed by atoms with Crippen LogP contribution in [-0.2, 0) is 11.2 Å². The van der Waals surface area contributed by atoms with Gasteiger partial charge in [0.25, 0.3) is 0 Å². The van der Waals surface area contributed by atoms with Gasteiger partial charge in [0.1, 0.15) is 0 Å². The van der Waals surface area contributed by atoms with Gasteiger partial charge in [-0.15, -0.1) is 12.4 Å². The molecule has 2 aliphatic rings. The van der Waals surface area contributed by atoms with Crippen LogP contribution in [0.2, 0.25) is 0 Å². The lowest BCUT2D eigenvalue weighted by molar-refractivity contribution is -0.134. The first-order valence-electron chi connectivity index (χ1n) is 9.09. The van der Waals surface area contributed by atoms with E-state index in [0.717, 1.165) is 32.4 Å². The van der Waals surface area contributed by atoms with Crippen molar-refractivity contribution >= 4 is 18.3 Å². The number of nitrogens with zero attached hydrogens (tertiary/aromatic N) is 1. The van der Waals surface area contributed by atoms with Gasteiger partial charge in [0.15, 0.2) is 0 Å². The number of aryl methyl sites for hydroxylation is 1. The van der Waals surface area contributed by atoms with Gasteiger partial charge >= 0.3 is 0 Å². The van der Waals surface area contributed by atoms with Crippen molar-refractivity contribution in [2.75, 3.05) is 20.1 Å². The summed E-state index contributed by atoms with van der Waals surface area (Å²) >= 11 is 0. The number of piperidine rings is 1. The number of carbonyl (C=O) groups is 1.